The fourth-order valence-corrected chi connectivity index (χ4v) is 6.59. The van der Waals surface area contributed by atoms with Crippen LogP contribution in [-0.2, 0) is 14.5 Å². The van der Waals surface area contributed by atoms with E-state index >= 15 is 0 Å². The Labute approximate surface area is 154 Å². The largest absolute Gasteiger partial charge is 0.477 e. The minimum absolute atomic E-state index is 0.0525. The predicted octanol–water partition coefficient (Wildman–Crippen LogP) is 5.96. The first-order chi connectivity index (χ1) is 11.6. The van der Waals surface area contributed by atoms with E-state index in [0.29, 0.717) is 18.2 Å². The molecule has 1 heterocycles. The molecule has 7 heteroatoms. The molecule has 1 unspecified atom stereocenters. The van der Waals surface area contributed by atoms with E-state index in [0.717, 1.165) is 30.6 Å². The van der Waals surface area contributed by atoms with Gasteiger partial charge in [-0.05, 0) is 50.0 Å². The van der Waals surface area contributed by atoms with Crippen LogP contribution in [0.25, 0.3) is 0 Å². The van der Waals surface area contributed by atoms with Gasteiger partial charge in [-0.2, -0.15) is 0 Å². The fourth-order valence-electron chi connectivity index (χ4n) is 3.17. The molecular weight excluding hydrogens is 357 g/mol. The average Bonchev–Trinajstić information content (AvgIpc) is 2.92. The molecular formula is C18H30NO4PS. The number of thiophene rings is 1. The molecule has 1 fully saturated rings. The van der Waals surface area contributed by atoms with Crippen LogP contribution < -0.4 is 5.09 Å². The lowest BCUT2D eigenvalue weighted by atomic mass is 9.91. The standard InChI is InChI=1S/C18H30NO4PS/c1-6-23-24(22,13-9-7-12(2)8-10-13)19-14-11-15(18(3,4)5)25-16(14)17(20)21/h11-13H,6-10H2,1-5H3,(H,19,22)(H,20,21). The zero-order valence-corrected chi connectivity index (χ0v) is 17.5. The topological polar surface area (TPSA) is 75.6 Å². The van der Waals surface area contributed by atoms with Gasteiger partial charge in [0.1, 0.15) is 4.88 Å². The van der Waals surface area contributed by atoms with Gasteiger partial charge in [0.25, 0.3) is 7.52 Å². The first-order valence-corrected chi connectivity index (χ1v) is 11.5. The molecule has 0 aliphatic heterocycles. The van der Waals surface area contributed by atoms with Crippen molar-refractivity contribution in [1.82, 2.24) is 0 Å². The molecule has 1 atom stereocenters. The highest BCUT2D eigenvalue weighted by molar-refractivity contribution is 7.61. The zero-order chi connectivity index (χ0) is 18.8. The number of carboxylic acids is 1. The Morgan fingerprint density at radius 2 is 1.96 bits per heavy atom. The van der Waals surface area contributed by atoms with Crippen molar-refractivity contribution in [3.63, 3.8) is 0 Å². The third kappa shape index (κ3) is 4.87. The normalized spacial score (nSPS) is 23.9. The quantitative estimate of drug-likeness (QED) is 0.589. The Hall–Kier alpha value is -0.840. The predicted molar refractivity (Wildman–Crippen MR) is 104 cm³/mol. The number of hydrogen-bond donors (Lipinski definition) is 2. The lowest BCUT2D eigenvalue weighted by Gasteiger charge is -2.32. The molecule has 1 aromatic rings. The molecule has 1 saturated carbocycles. The molecule has 0 aromatic carbocycles. The monoisotopic (exact) mass is 387 g/mol. The van der Waals surface area contributed by atoms with Crippen molar-refractivity contribution in [3.8, 4) is 0 Å². The van der Waals surface area contributed by atoms with Crippen LogP contribution in [0.3, 0.4) is 0 Å². The summed E-state index contributed by atoms with van der Waals surface area (Å²) in [6, 6.07) is 1.82. The van der Waals surface area contributed by atoms with E-state index in [4.69, 9.17) is 4.52 Å². The number of carbonyl (C=O) groups is 1. The summed E-state index contributed by atoms with van der Waals surface area (Å²) in [6.45, 7) is 10.5. The second kappa shape index (κ2) is 7.81. The SMILES string of the molecule is CCOP(=O)(Nc1cc(C(C)(C)C)sc1C(=O)O)C1CCC(C)CC1. The van der Waals surface area contributed by atoms with Gasteiger partial charge in [0.2, 0.25) is 0 Å². The van der Waals surface area contributed by atoms with E-state index in [2.05, 4.69) is 12.0 Å². The molecule has 1 aromatic heterocycles. The van der Waals surface area contributed by atoms with Gasteiger partial charge in [0.05, 0.1) is 18.0 Å². The molecule has 0 bridgehead atoms. The molecule has 0 amide bonds. The van der Waals surface area contributed by atoms with Crippen molar-refractivity contribution in [2.75, 3.05) is 11.7 Å². The minimum atomic E-state index is -3.16. The molecule has 1 aliphatic rings. The Morgan fingerprint density at radius 1 is 1.36 bits per heavy atom. The van der Waals surface area contributed by atoms with Crippen LogP contribution in [0.5, 0.6) is 0 Å². The van der Waals surface area contributed by atoms with Crippen molar-refractivity contribution in [3.05, 3.63) is 15.8 Å². The van der Waals surface area contributed by atoms with Crippen molar-refractivity contribution in [2.24, 2.45) is 5.92 Å². The summed E-state index contributed by atoms with van der Waals surface area (Å²) in [6.07, 6.45) is 3.77. The number of hydrogen-bond acceptors (Lipinski definition) is 4. The van der Waals surface area contributed by atoms with Crippen LogP contribution in [0.2, 0.25) is 0 Å². The highest BCUT2D eigenvalue weighted by atomic mass is 32.1. The summed E-state index contributed by atoms with van der Waals surface area (Å²) in [7, 11) is -3.16. The van der Waals surface area contributed by atoms with Crippen LogP contribution >= 0.6 is 18.9 Å². The van der Waals surface area contributed by atoms with Gasteiger partial charge in [-0.25, -0.2) is 4.79 Å². The van der Waals surface area contributed by atoms with E-state index < -0.39 is 13.5 Å². The van der Waals surface area contributed by atoms with E-state index in [1.807, 2.05) is 33.8 Å². The van der Waals surface area contributed by atoms with Crippen LogP contribution in [0.1, 0.15) is 74.9 Å². The van der Waals surface area contributed by atoms with Crippen molar-refractivity contribution in [1.29, 1.82) is 0 Å². The number of nitrogens with one attached hydrogen (secondary N) is 1. The average molecular weight is 387 g/mol. The maximum Gasteiger partial charge on any atom is 0.348 e. The molecule has 1 aliphatic carbocycles. The van der Waals surface area contributed by atoms with Gasteiger partial charge in [-0.3, -0.25) is 4.57 Å². The van der Waals surface area contributed by atoms with Gasteiger partial charge in [-0.1, -0.05) is 27.7 Å². The smallest absolute Gasteiger partial charge is 0.348 e. The van der Waals surface area contributed by atoms with Gasteiger partial charge >= 0.3 is 5.97 Å². The van der Waals surface area contributed by atoms with E-state index in [1.54, 1.807) is 0 Å². The molecule has 2 N–H and O–H groups in total. The number of rotatable bonds is 6. The lowest BCUT2D eigenvalue weighted by Crippen LogP contribution is -2.22. The molecule has 5 nitrogen and oxygen atoms in total. The maximum absolute atomic E-state index is 13.6. The van der Waals surface area contributed by atoms with E-state index in [9.17, 15) is 14.5 Å². The van der Waals surface area contributed by atoms with Gasteiger partial charge in [0.15, 0.2) is 0 Å². The number of carboxylic acid groups (broad SMARTS) is 1. The summed E-state index contributed by atoms with van der Waals surface area (Å²) >= 11 is 1.24. The molecule has 0 spiro atoms. The molecule has 0 saturated heterocycles. The highest BCUT2D eigenvalue weighted by Gasteiger charge is 2.38. The first-order valence-electron chi connectivity index (χ1n) is 8.97. The third-order valence-electron chi connectivity index (χ3n) is 4.73. The number of anilines is 1. The lowest BCUT2D eigenvalue weighted by molar-refractivity contribution is 0.0703. The molecule has 142 valence electrons. The summed E-state index contributed by atoms with van der Waals surface area (Å²) in [5, 5.41) is 12.6. The van der Waals surface area contributed by atoms with E-state index in [-0.39, 0.29) is 16.0 Å². The summed E-state index contributed by atoms with van der Waals surface area (Å²) < 4.78 is 19.3. The summed E-state index contributed by atoms with van der Waals surface area (Å²) in [5.41, 5.74) is 0.214. The Balaban J connectivity index is 2.34. The van der Waals surface area contributed by atoms with Crippen LogP contribution in [0.4, 0.5) is 5.69 Å². The Bertz CT molecular complexity index is 657. The van der Waals surface area contributed by atoms with Crippen molar-refractivity contribution >= 4 is 30.5 Å². The van der Waals surface area contributed by atoms with Gasteiger partial charge in [-0.15, -0.1) is 11.3 Å². The minimum Gasteiger partial charge on any atom is -0.477 e. The van der Waals surface area contributed by atoms with Crippen molar-refractivity contribution in [2.45, 2.75) is 71.4 Å². The van der Waals surface area contributed by atoms with Crippen LogP contribution in [0.15, 0.2) is 6.07 Å². The molecule has 2 rings (SSSR count). The van der Waals surface area contributed by atoms with Gasteiger partial charge in [0, 0.05) is 4.88 Å². The van der Waals surface area contributed by atoms with Crippen LogP contribution in [0, 0.1) is 5.92 Å². The second-order valence-electron chi connectivity index (χ2n) is 7.95. The van der Waals surface area contributed by atoms with Crippen molar-refractivity contribution < 1.29 is 19.0 Å². The maximum atomic E-state index is 13.6. The second-order valence-corrected chi connectivity index (χ2v) is 11.4. The fraction of sp³-hybridized carbons (Fsp3) is 0.722. The molecule has 0 radical (unpaired) electrons. The third-order valence-corrected chi connectivity index (χ3v) is 8.95. The molecule has 25 heavy (non-hydrogen) atoms. The highest BCUT2D eigenvalue weighted by Crippen LogP contribution is 2.57. The first kappa shape index (κ1) is 20.5. The van der Waals surface area contributed by atoms with Gasteiger partial charge < -0.3 is 14.7 Å². The van der Waals surface area contributed by atoms with E-state index in [1.165, 1.54) is 11.3 Å². The summed E-state index contributed by atoms with van der Waals surface area (Å²) in [4.78, 5) is 12.8. The number of aromatic carboxylic acids is 1. The summed E-state index contributed by atoms with van der Waals surface area (Å²) in [5.74, 6) is -0.349. The zero-order valence-electron chi connectivity index (χ0n) is 15.8. The Morgan fingerprint density at radius 3 is 2.44 bits per heavy atom. The van der Waals surface area contributed by atoms with Crippen LogP contribution in [-0.4, -0.2) is 23.3 Å². The Kier molecular flexibility index (Phi) is 6.40.